The Balaban J connectivity index is 0.00000484. The number of benzene rings is 1. The molecule has 1 atom stereocenters. The van der Waals surface area contributed by atoms with Crippen molar-refractivity contribution in [3.63, 3.8) is 0 Å². The fourth-order valence-corrected chi connectivity index (χ4v) is 3.13. The van der Waals surface area contributed by atoms with E-state index in [9.17, 15) is 13.2 Å². The van der Waals surface area contributed by atoms with Crippen molar-refractivity contribution < 1.29 is 13.2 Å². The summed E-state index contributed by atoms with van der Waals surface area (Å²) in [5, 5.41) is 2.58. The molecule has 0 saturated carbocycles. The first kappa shape index (κ1) is 21.9. The third-order valence-electron chi connectivity index (χ3n) is 3.28. The zero-order valence-corrected chi connectivity index (χ0v) is 15.8. The molecule has 1 rings (SSSR count). The fraction of sp³-hybridized carbons (Fsp3) is 0.562. The molecule has 3 N–H and O–H groups in total. The Kier molecular flexibility index (Phi) is 8.24. The van der Waals surface area contributed by atoms with Crippen LogP contribution in [0.5, 0.6) is 0 Å². The van der Waals surface area contributed by atoms with Gasteiger partial charge in [-0.1, -0.05) is 32.9 Å². The molecule has 1 aromatic carbocycles. The van der Waals surface area contributed by atoms with Gasteiger partial charge in [-0.15, -0.1) is 12.4 Å². The number of carbonyl (C=O) groups is 1. The van der Waals surface area contributed by atoms with Gasteiger partial charge in [0.15, 0.2) is 9.84 Å². The minimum absolute atomic E-state index is 0. The van der Waals surface area contributed by atoms with Crippen molar-refractivity contribution in [3.05, 3.63) is 29.8 Å². The van der Waals surface area contributed by atoms with E-state index in [-0.39, 0.29) is 53.4 Å². The monoisotopic (exact) mass is 362 g/mol. The summed E-state index contributed by atoms with van der Waals surface area (Å²) >= 11 is 0. The molecule has 0 heterocycles. The topological polar surface area (TPSA) is 89.3 Å². The molecule has 132 valence electrons. The van der Waals surface area contributed by atoms with Crippen molar-refractivity contribution >= 4 is 28.2 Å². The van der Waals surface area contributed by atoms with Crippen LogP contribution in [0.15, 0.2) is 29.2 Å². The van der Waals surface area contributed by atoms with Crippen LogP contribution in [0.2, 0.25) is 0 Å². The molecule has 0 aliphatic carbocycles. The third-order valence-corrected chi connectivity index (χ3v) is 5.01. The van der Waals surface area contributed by atoms with Crippen LogP contribution in [-0.2, 0) is 20.0 Å². The Morgan fingerprint density at radius 3 is 2.17 bits per heavy atom. The van der Waals surface area contributed by atoms with Gasteiger partial charge in [-0.05, 0) is 30.0 Å². The first-order valence-corrected chi connectivity index (χ1v) is 9.03. The molecule has 0 aliphatic rings. The number of hydrogen-bond donors (Lipinski definition) is 2. The molecule has 0 aromatic heterocycles. The maximum Gasteiger partial charge on any atom is 0.221 e. The van der Waals surface area contributed by atoms with Crippen LogP contribution < -0.4 is 11.1 Å². The average Bonchev–Trinajstić information content (AvgIpc) is 2.36. The second-order valence-electron chi connectivity index (χ2n) is 6.62. The van der Waals surface area contributed by atoms with Crippen LogP contribution >= 0.6 is 12.4 Å². The Hall–Kier alpha value is -1.11. The van der Waals surface area contributed by atoms with E-state index in [1.54, 1.807) is 19.1 Å². The van der Waals surface area contributed by atoms with Crippen LogP contribution in [0.25, 0.3) is 0 Å². The number of amides is 1. The van der Waals surface area contributed by atoms with Gasteiger partial charge in [0.05, 0.1) is 10.6 Å². The molecule has 1 aromatic rings. The zero-order valence-electron chi connectivity index (χ0n) is 14.1. The number of nitrogens with one attached hydrogen (secondary N) is 1. The highest BCUT2D eigenvalue weighted by atomic mass is 35.5. The zero-order chi connectivity index (χ0) is 17.0. The summed E-state index contributed by atoms with van der Waals surface area (Å²) in [4.78, 5) is 11.7. The molecule has 0 spiro atoms. The molecular weight excluding hydrogens is 336 g/mol. The van der Waals surface area contributed by atoms with Gasteiger partial charge in [0, 0.05) is 19.0 Å². The number of carbonyl (C=O) groups excluding carboxylic acids is 1. The van der Waals surface area contributed by atoms with Crippen molar-refractivity contribution in [1.29, 1.82) is 0 Å². The predicted molar refractivity (Wildman–Crippen MR) is 95.7 cm³/mol. The largest absolute Gasteiger partial charge is 0.355 e. The van der Waals surface area contributed by atoms with E-state index in [0.29, 0.717) is 0 Å². The van der Waals surface area contributed by atoms with E-state index in [4.69, 9.17) is 5.73 Å². The molecule has 23 heavy (non-hydrogen) atoms. The van der Waals surface area contributed by atoms with Gasteiger partial charge in [-0.2, -0.15) is 0 Å². The van der Waals surface area contributed by atoms with E-state index >= 15 is 0 Å². The standard InChI is InChI=1S/C16H26N2O3S.ClH/c1-12(17)11-15(19)18-9-10-22(20,21)14-7-5-13(6-8-14)16(2,3)4;/h5-8,12H,9-11,17H2,1-4H3,(H,18,19);1H. The minimum Gasteiger partial charge on any atom is -0.355 e. The summed E-state index contributed by atoms with van der Waals surface area (Å²) in [7, 11) is -3.39. The number of halogens is 1. The van der Waals surface area contributed by atoms with Crippen molar-refractivity contribution in [1.82, 2.24) is 5.32 Å². The Labute approximate surface area is 145 Å². The van der Waals surface area contributed by atoms with Gasteiger partial charge in [0.1, 0.15) is 0 Å². The molecular formula is C16H27ClN2O3S. The maximum atomic E-state index is 12.2. The minimum atomic E-state index is -3.39. The van der Waals surface area contributed by atoms with E-state index in [1.807, 2.05) is 12.1 Å². The molecule has 0 bridgehead atoms. The summed E-state index contributed by atoms with van der Waals surface area (Å²) in [5.74, 6) is -0.347. The maximum absolute atomic E-state index is 12.2. The summed E-state index contributed by atoms with van der Waals surface area (Å²) in [6, 6.07) is 6.68. The normalized spacial score (nSPS) is 13.1. The number of nitrogens with two attached hydrogens (primary N) is 1. The first-order chi connectivity index (χ1) is 10.0. The van der Waals surface area contributed by atoms with Crippen molar-refractivity contribution in [2.75, 3.05) is 12.3 Å². The van der Waals surface area contributed by atoms with Gasteiger partial charge in [0.25, 0.3) is 0 Å². The lowest BCUT2D eigenvalue weighted by Gasteiger charge is -2.19. The second-order valence-corrected chi connectivity index (χ2v) is 8.73. The van der Waals surface area contributed by atoms with Gasteiger partial charge in [0.2, 0.25) is 5.91 Å². The number of hydrogen-bond acceptors (Lipinski definition) is 4. The molecule has 0 aliphatic heterocycles. The predicted octanol–water partition coefficient (Wildman–Crippen LogP) is 2.03. The summed E-state index contributed by atoms with van der Waals surface area (Å²) < 4.78 is 24.4. The lowest BCUT2D eigenvalue weighted by Crippen LogP contribution is -2.33. The number of sulfone groups is 1. The smallest absolute Gasteiger partial charge is 0.221 e. The second kappa shape index (κ2) is 8.66. The fourth-order valence-electron chi connectivity index (χ4n) is 1.97. The Morgan fingerprint density at radius 2 is 1.74 bits per heavy atom. The summed E-state index contributed by atoms with van der Waals surface area (Å²) in [6.45, 7) is 8.04. The molecule has 0 radical (unpaired) electrons. The SMILES string of the molecule is CC(N)CC(=O)NCCS(=O)(=O)c1ccc(C(C)(C)C)cc1.Cl. The van der Waals surface area contributed by atoms with Crippen molar-refractivity contribution in [2.45, 2.75) is 50.5 Å². The lowest BCUT2D eigenvalue weighted by atomic mass is 9.87. The molecule has 5 nitrogen and oxygen atoms in total. The van der Waals surface area contributed by atoms with Crippen LogP contribution in [0, 0.1) is 0 Å². The van der Waals surface area contributed by atoms with Crippen LogP contribution in [-0.4, -0.2) is 32.7 Å². The van der Waals surface area contributed by atoms with Gasteiger partial charge >= 0.3 is 0 Å². The van der Waals surface area contributed by atoms with Crippen LogP contribution in [0.4, 0.5) is 0 Å². The molecule has 1 unspecified atom stereocenters. The van der Waals surface area contributed by atoms with E-state index in [0.717, 1.165) is 5.56 Å². The Morgan fingerprint density at radius 1 is 1.22 bits per heavy atom. The quantitative estimate of drug-likeness (QED) is 0.810. The Bertz CT molecular complexity index is 605. The van der Waals surface area contributed by atoms with Gasteiger partial charge < -0.3 is 11.1 Å². The highest BCUT2D eigenvalue weighted by Crippen LogP contribution is 2.23. The molecule has 0 fully saturated rings. The van der Waals surface area contributed by atoms with E-state index in [1.165, 1.54) is 0 Å². The third kappa shape index (κ3) is 7.33. The highest BCUT2D eigenvalue weighted by Gasteiger charge is 2.18. The van der Waals surface area contributed by atoms with Crippen molar-refractivity contribution in [2.24, 2.45) is 5.73 Å². The van der Waals surface area contributed by atoms with Crippen LogP contribution in [0.3, 0.4) is 0 Å². The summed E-state index contributed by atoms with van der Waals surface area (Å²) in [5.41, 5.74) is 6.57. The average molecular weight is 363 g/mol. The number of rotatable bonds is 6. The van der Waals surface area contributed by atoms with E-state index < -0.39 is 9.84 Å². The molecule has 1 amide bonds. The molecule has 0 saturated heterocycles. The molecule has 7 heteroatoms. The van der Waals surface area contributed by atoms with Crippen molar-refractivity contribution in [3.8, 4) is 0 Å². The van der Waals surface area contributed by atoms with Gasteiger partial charge in [-0.25, -0.2) is 8.42 Å². The summed E-state index contributed by atoms with van der Waals surface area (Å²) in [6.07, 6.45) is 0.195. The lowest BCUT2D eigenvalue weighted by molar-refractivity contribution is -0.121. The first-order valence-electron chi connectivity index (χ1n) is 7.38. The van der Waals surface area contributed by atoms with Gasteiger partial charge in [-0.3, -0.25) is 4.79 Å². The van der Waals surface area contributed by atoms with Crippen LogP contribution in [0.1, 0.15) is 39.7 Å². The highest BCUT2D eigenvalue weighted by molar-refractivity contribution is 7.91. The van der Waals surface area contributed by atoms with E-state index in [2.05, 4.69) is 26.1 Å².